The van der Waals surface area contributed by atoms with Gasteiger partial charge in [0.25, 0.3) is 0 Å². The van der Waals surface area contributed by atoms with Crippen molar-refractivity contribution in [3.05, 3.63) is 11.6 Å². The Bertz CT molecular complexity index is 173. The second-order valence-electron chi connectivity index (χ2n) is 2.86. The maximum atomic E-state index is 10.4. The number of carboxylic acids is 1. The Labute approximate surface area is 67.3 Å². The largest absolute Gasteiger partial charge is 0.478 e. The maximum absolute atomic E-state index is 10.4. The van der Waals surface area contributed by atoms with Gasteiger partial charge in [0.1, 0.15) is 0 Å². The number of hydrogen-bond donors (Lipinski definition) is 1. The average Bonchev–Trinajstić information content (AvgIpc) is 1.87. The van der Waals surface area contributed by atoms with Gasteiger partial charge in [-0.1, -0.05) is 6.08 Å². The van der Waals surface area contributed by atoms with E-state index in [4.69, 9.17) is 5.11 Å². The zero-order valence-corrected chi connectivity index (χ0v) is 7.46. The predicted octanol–water partition coefficient (Wildman–Crippen LogP) is 0.967. The van der Waals surface area contributed by atoms with E-state index in [2.05, 4.69) is 0 Å². The van der Waals surface area contributed by atoms with Crippen LogP contribution in [0.15, 0.2) is 11.6 Å². The lowest BCUT2D eigenvalue weighted by Crippen LogP contribution is -2.23. The fraction of sp³-hybridized carbons (Fsp3) is 0.625. The Hall–Kier alpha value is -0.830. The van der Waals surface area contributed by atoms with Crippen molar-refractivity contribution in [2.75, 3.05) is 14.1 Å². The molecule has 1 N–H and O–H groups in total. The van der Waals surface area contributed by atoms with Gasteiger partial charge in [0.05, 0.1) is 0 Å². The standard InChI is InChI=1S/C8H15NO2/c1-6(8(10)11)5-7(2)9(3)4/h5,7H,1-4H3,(H,10,11)/b6-5+. The van der Waals surface area contributed by atoms with E-state index < -0.39 is 5.97 Å². The summed E-state index contributed by atoms with van der Waals surface area (Å²) in [4.78, 5) is 12.3. The minimum absolute atomic E-state index is 0.172. The molecule has 0 saturated carbocycles. The van der Waals surface area contributed by atoms with Gasteiger partial charge in [-0.15, -0.1) is 0 Å². The molecule has 0 heterocycles. The molecule has 0 aliphatic carbocycles. The summed E-state index contributed by atoms with van der Waals surface area (Å²) < 4.78 is 0. The lowest BCUT2D eigenvalue weighted by atomic mass is 10.2. The van der Waals surface area contributed by atoms with Gasteiger partial charge in [0, 0.05) is 11.6 Å². The first kappa shape index (κ1) is 10.2. The topological polar surface area (TPSA) is 40.5 Å². The lowest BCUT2D eigenvalue weighted by molar-refractivity contribution is -0.132. The van der Waals surface area contributed by atoms with Gasteiger partial charge in [-0.05, 0) is 27.9 Å². The number of likely N-dealkylation sites (N-methyl/N-ethyl adjacent to an activating group) is 1. The molecule has 0 aliphatic heterocycles. The summed E-state index contributed by atoms with van der Waals surface area (Å²) in [6.07, 6.45) is 1.72. The highest BCUT2D eigenvalue weighted by molar-refractivity contribution is 5.85. The van der Waals surface area contributed by atoms with Crippen LogP contribution in [-0.4, -0.2) is 36.1 Å². The summed E-state index contributed by atoms with van der Waals surface area (Å²) in [7, 11) is 3.83. The van der Waals surface area contributed by atoms with Gasteiger partial charge < -0.3 is 10.0 Å². The van der Waals surface area contributed by atoms with Crippen LogP contribution in [0.3, 0.4) is 0 Å². The van der Waals surface area contributed by atoms with Gasteiger partial charge in [0.2, 0.25) is 0 Å². The zero-order valence-electron chi connectivity index (χ0n) is 7.46. The molecule has 0 fully saturated rings. The van der Waals surface area contributed by atoms with Crippen LogP contribution in [0, 0.1) is 0 Å². The predicted molar refractivity (Wildman–Crippen MR) is 44.5 cm³/mol. The van der Waals surface area contributed by atoms with E-state index in [0.29, 0.717) is 5.57 Å². The molecule has 0 bridgehead atoms. The minimum atomic E-state index is -0.848. The molecule has 3 nitrogen and oxygen atoms in total. The molecular weight excluding hydrogens is 142 g/mol. The van der Waals surface area contributed by atoms with Crippen molar-refractivity contribution in [2.24, 2.45) is 0 Å². The Morgan fingerprint density at radius 3 is 2.27 bits per heavy atom. The number of hydrogen-bond acceptors (Lipinski definition) is 2. The molecule has 0 aliphatic rings. The van der Waals surface area contributed by atoms with Crippen LogP contribution in [-0.2, 0) is 4.79 Å². The molecule has 3 heteroatoms. The van der Waals surface area contributed by atoms with Crippen LogP contribution in [0.2, 0.25) is 0 Å². The number of aliphatic carboxylic acids is 1. The van der Waals surface area contributed by atoms with Crippen molar-refractivity contribution in [3.63, 3.8) is 0 Å². The third-order valence-electron chi connectivity index (χ3n) is 1.64. The molecule has 64 valence electrons. The second kappa shape index (κ2) is 4.13. The first-order valence-electron chi connectivity index (χ1n) is 3.53. The molecule has 0 aromatic carbocycles. The van der Waals surface area contributed by atoms with Gasteiger partial charge in [0.15, 0.2) is 0 Å². The van der Waals surface area contributed by atoms with E-state index in [-0.39, 0.29) is 6.04 Å². The van der Waals surface area contributed by atoms with Gasteiger partial charge in [-0.2, -0.15) is 0 Å². The van der Waals surface area contributed by atoms with Crippen molar-refractivity contribution in [1.82, 2.24) is 4.90 Å². The normalized spacial score (nSPS) is 15.2. The molecule has 1 atom stereocenters. The summed E-state index contributed by atoms with van der Waals surface area (Å²) in [6.45, 7) is 3.55. The summed E-state index contributed by atoms with van der Waals surface area (Å²) >= 11 is 0. The molecule has 0 saturated heterocycles. The molecule has 11 heavy (non-hydrogen) atoms. The molecule has 0 radical (unpaired) electrons. The first-order valence-corrected chi connectivity index (χ1v) is 3.53. The third kappa shape index (κ3) is 3.78. The quantitative estimate of drug-likeness (QED) is 0.620. The summed E-state index contributed by atoms with van der Waals surface area (Å²) in [6, 6.07) is 0.172. The van der Waals surface area contributed by atoms with Crippen molar-refractivity contribution in [2.45, 2.75) is 19.9 Å². The fourth-order valence-corrected chi connectivity index (χ4v) is 0.582. The van der Waals surface area contributed by atoms with Crippen molar-refractivity contribution >= 4 is 5.97 Å². The molecule has 0 rings (SSSR count). The van der Waals surface area contributed by atoms with Crippen LogP contribution < -0.4 is 0 Å². The summed E-state index contributed by atoms with van der Waals surface area (Å²) in [5.41, 5.74) is 0.395. The Kier molecular flexibility index (Phi) is 3.82. The van der Waals surface area contributed by atoms with Crippen LogP contribution in [0.1, 0.15) is 13.8 Å². The summed E-state index contributed by atoms with van der Waals surface area (Å²) in [5, 5.41) is 8.53. The Balaban J connectivity index is 4.19. The highest BCUT2D eigenvalue weighted by Crippen LogP contribution is 1.99. The average molecular weight is 157 g/mol. The monoisotopic (exact) mass is 157 g/mol. The highest BCUT2D eigenvalue weighted by Gasteiger charge is 2.04. The lowest BCUT2D eigenvalue weighted by Gasteiger charge is -2.15. The third-order valence-corrected chi connectivity index (χ3v) is 1.64. The molecule has 0 amide bonds. The maximum Gasteiger partial charge on any atom is 0.331 e. The van der Waals surface area contributed by atoms with E-state index in [1.807, 2.05) is 25.9 Å². The summed E-state index contributed by atoms with van der Waals surface area (Å²) in [5.74, 6) is -0.848. The van der Waals surface area contributed by atoms with Crippen LogP contribution in [0.5, 0.6) is 0 Å². The van der Waals surface area contributed by atoms with E-state index in [1.54, 1.807) is 13.0 Å². The Morgan fingerprint density at radius 1 is 1.55 bits per heavy atom. The van der Waals surface area contributed by atoms with Gasteiger partial charge >= 0.3 is 5.97 Å². The fourth-order valence-electron chi connectivity index (χ4n) is 0.582. The van der Waals surface area contributed by atoms with E-state index in [0.717, 1.165) is 0 Å². The number of carbonyl (C=O) groups is 1. The SMILES string of the molecule is C/C(=C\C(C)N(C)C)C(=O)O. The van der Waals surface area contributed by atoms with E-state index in [9.17, 15) is 4.79 Å². The first-order chi connectivity index (χ1) is 4.95. The van der Waals surface area contributed by atoms with E-state index in [1.165, 1.54) is 0 Å². The van der Waals surface area contributed by atoms with Gasteiger partial charge in [-0.3, -0.25) is 0 Å². The van der Waals surface area contributed by atoms with E-state index >= 15 is 0 Å². The molecule has 0 aromatic rings. The van der Waals surface area contributed by atoms with Crippen LogP contribution >= 0.6 is 0 Å². The number of rotatable bonds is 3. The minimum Gasteiger partial charge on any atom is -0.478 e. The smallest absolute Gasteiger partial charge is 0.331 e. The number of carboxylic acid groups (broad SMARTS) is 1. The van der Waals surface area contributed by atoms with Crippen LogP contribution in [0.25, 0.3) is 0 Å². The molecule has 1 unspecified atom stereocenters. The zero-order chi connectivity index (χ0) is 9.02. The molecular formula is C8H15NO2. The van der Waals surface area contributed by atoms with Gasteiger partial charge in [-0.25, -0.2) is 4.79 Å². The Morgan fingerprint density at radius 2 is 2.00 bits per heavy atom. The highest BCUT2D eigenvalue weighted by atomic mass is 16.4. The number of nitrogens with zero attached hydrogens (tertiary/aromatic N) is 1. The van der Waals surface area contributed by atoms with Crippen molar-refractivity contribution < 1.29 is 9.90 Å². The second-order valence-corrected chi connectivity index (χ2v) is 2.86. The van der Waals surface area contributed by atoms with Crippen molar-refractivity contribution in [1.29, 1.82) is 0 Å². The molecule has 0 spiro atoms. The molecule has 0 aromatic heterocycles. The van der Waals surface area contributed by atoms with Crippen LogP contribution in [0.4, 0.5) is 0 Å². The van der Waals surface area contributed by atoms with Crippen molar-refractivity contribution in [3.8, 4) is 0 Å².